The molecular weight excluding hydrogens is 272 g/mol. The topological polar surface area (TPSA) is 58.2 Å². The lowest BCUT2D eigenvalue weighted by atomic mass is 10.0. The van der Waals surface area contributed by atoms with E-state index in [0.29, 0.717) is 10.8 Å². The van der Waals surface area contributed by atoms with Gasteiger partial charge in [-0.05, 0) is 43.4 Å². The predicted octanol–water partition coefficient (Wildman–Crippen LogP) is 2.76. The lowest BCUT2D eigenvalue weighted by molar-refractivity contribution is 0.434. The average molecular weight is 296 g/mol. The summed E-state index contributed by atoms with van der Waals surface area (Å²) in [5.74, 6) is 0.322. The Morgan fingerprint density at radius 1 is 1.35 bits per heavy atom. The standard InChI is InChI=1S/C15H24N2O2S/c1-4-11(2)12(3)17-20(18,19)15-9-5-8-14-13(15)7-6-10-16-14/h5,8-9,11-12,16-17H,4,6-7,10H2,1-3H3. The first-order valence-corrected chi connectivity index (χ1v) is 8.82. The first-order valence-electron chi connectivity index (χ1n) is 7.33. The van der Waals surface area contributed by atoms with E-state index in [4.69, 9.17) is 0 Å². The van der Waals surface area contributed by atoms with Crippen molar-refractivity contribution in [2.45, 2.75) is 51.0 Å². The Morgan fingerprint density at radius 2 is 2.10 bits per heavy atom. The van der Waals surface area contributed by atoms with Crippen LogP contribution in [0.15, 0.2) is 23.1 Å². The molecule has 0 saturated carbocycles. The van der Waals surface area contributed by atoms with Crippen LogP contribution in [0.2, 0.25) is 0 Å². The molecule has 0 fully saturated rings. The van der Waals surface area contributed by atoms with Crippen molar-refractivity contribution >= 4 is 15.7 Å². The van der Waals surface area contributed by atoms with Gasteiger partial charge in [0.05, 0.1) is 4.90 Å². The lowest BCUT2D eigenvalue weighted by Gasteiger charge is -2.24. The number of sulfonamides is 1. The van der Waals surface area contributed by atoms with Crippen LogP contribution in [-0.2, 0) is 16.4 Å². The highest BCUT2D eigenvalue weighted by Gasteiger charge is 2.25. The summed E-state index contributed by atoms with van der Waals surface area (Å²) in [6.07, 6.45) is 2.75. The first kappa shape index (κ1) is 15.3. The van der Waals surface area contributed by atoms with Crippen molar-refractivity contribution < 1.29 is 8.42 Å². The molecule has 0 radical (unpaired) electrons. The molecule has 1 aromatic rings. The van der Waals surface area contributed by atoms with Gasteiger partial charge in [0.1, 0.15) is 0 Å². The Bertz CT molecular complexity index is 569. The minimum absolute atomic E-state index is 0.0580. The summed E-state index contributed by atoms with van der Waals surface area (Å²) >= 11 is 0. The van der Waals surface area contributed by atoms with E-state index < -0.39 is 10.0 Å². The third kappa shape index (κ3) is 3.15. The summed E-state index contributed by atoms with van der Waals surface area (Å²) in [5.41, 5.74) is 1.87. The summed E-state index contributed by atoms with van der Waals surface area (Å²) in [4.78, 5) is 0.428. The van der Waals surface area contributed by atoms with Gasteiger partial charge in [-0.25, -0.2) is 13.1 Å². The van der Waals surface area contributed by atoms with Gasteiger partial charge in [0.2, 0.25) is 10.0 Å². The number of anilines is 1. The maximum Gasteiger partial charge on any atom is 0.241 e. The van der Waals surface area contributed by atoms with E-state index >= 15 is 0 Å². The molecule has 2 atom stereocenters. The molecule has 4 nitrogen and oxygen atoms in total. The number of fused-ring (bicyclic) bond motifs is 1. The molecule has 0 saturated heterocycles. The van der Waals surface area contributed by atoms with Crippen LogP contribution in [0.5, 0.6) is 0 Å². The van der Waals surface area contributed by atoms with Crippen molar-refractivity contribution in [3.63, 3.8) is 0 Å². The number of rotatable bonds is 5. The second-order valence-electron chi connectivity index (χ2n) is 5.61. The van der Waals surface area contributed by atoms with Gasteiger partial charge in [0, 0.05) is 18.3 Å². The third-order valence-electron chi connectivity index (χ3n) is 4.18. The second-order valence-corrected chi connectivity index (χ2v) is 7.29. The Morgan fingerprint density at radius 3 is 2.80 bits per heavy atom. The average Bonchev–Trinajstić information content (AvgIpc) is 2.45. The quantitative estimate of drug-likeness (QED) is 0.878. The van der Waals surface area contributed by atoms with E-state index in [9.17, 15) is 8.42 Å². The van der Waals surface area contributed by atoms with Crippen LogP contribution in [0.1, 0.15) is 39.2 Å². The first-order chi connectivity index (χ1) is 9.45. The van der Waals surface area contributed by atoms with Gasteiger partial charge in [-0.2, -0.15) is 0 Å². The van der Waals surface area contributed by atoms with Gasteiger partial charge in [-0.15, -0.1) is 0 Å². The molecule has 1 aromatic carbocycles. The van der Waals surface area contributed by atoms with E-state index in [1.54, 1.807) is 12.1 Å². The van der Waals surface area contributed by atoms with Crippen LogP contribution in [-0.4, -0.2) is 21.0 Å². The normalized spacial score (nSPS) is 17.9. The van der Waals surface area contributed by atoms with Crippen LogP contribution in [0.3, 0.4) is 0 Å². The summed E-state index contributed by atoms with van der Waals surface area (Å²) in [5, 5.41) is 3.27. The molecule has 0 spiro atoms. The van der Waals surface area contributed by atoms with E-state index in [1.165, 1.54) is 0 Å². The maximum absolute atomic E-state index is 12.6. The Hall–Kier alpha value is -1.07. The Balaban J connectivity index is 2.30. The number of hydrogen-bond acceptors (Lipinski definition) is 3. The highest BCUT2D eigenvalue weighted by Crippen LogP contribution is 2.28. The minimum atomic E-state index is -3.45. The van der Waals surface area contributed by atoms with E-state index in [2.05, 4.69) is 23.9 Å². The van der Waals surface area contributed by atoms with Gasteiger partial charge < -0.3 is 5.32 Å². The SMILES string of the molecule is CCC(C)C(C)NS(=O)(=O)c1cccc2c1CCCN2. The molecular formula is C15H24N2O2S. The molecule has 0 amide bonds. The molecule has 0 bridgehead atoms. The summed E-state index contributed by atoms with van der Waals surface area (Å²) < 4.78 is 28.0. The number of nitrogens with one attached hydrogen (secondary N) is 2. The Labute approximate surface area is 122 Å². The largest absolute Gasteiger partial charge is 0.385 e. The van der Waals surface area contributed by atoms with Gasteiger partial charge >= 0.3 is 0 Å². The highest BCUT2D eigenvalue weighted by atomic mass is 32.2. The van der Waals surface area contributed by atoms with Crippen molar-refractivity contribution in [3.8, 4) is 0 Å². The zero-order valence-electron chi connectivity index (χ0n) is 12.4. The smallest absolute Gasteiger partial charge is 0.241 e. The molecule has 1 heterocycles. The fourth-order valence-electron chi connectivity index (χ4n) is 2.51. The van der Waals surface area contributed by atoms with Gasteiger partial charge in [0.15, 0.2) is 0 Å². The van der Waals surface area contributed by atoms with Crippen LogP contribution in [0, 0.1) is 5.92 Å². The van der Waals surface area contributed by atoms with Crippen LogP contribution in [0.25, 0.3) is 0 Å². The molecule has 1 aliphatic heterocycles. The van der Waals surface area contributed by atoms with Crippen LogP contribution < -0.4 is 10.0 Å². The van der Waals surface area contributed by atoms with E-state index in [0.717, 1.165) is 37.1 Å². The fourth-order valence-corrected chi connectivity index (χ4v) is 4.15. The van der Waals surface area contributed by atoms with Crippen LogP contribution in [0.4, 0.5) is 5.69 Å². The minimum Gasteiger partial charge on any atom is -0.385 e. The highest BCUT2D eigenvalue weighted by molar-refractivity contribution is 7.89. The van der Waals surface area contributed by atoms with Crippen molar-refractivity contribution in [1.82, 2.24) is 4.72 Å². The summed E-state index contributed by atoms with van der Waals surface area (Å²) in [7, 11) is -3.45. The third-order valence-corrected chi connectivity index (χ3v) is 5.82. The van der Waals surface area contributed by atoms with E-state index in [1.807, 2.05) is 13.0 Å². The van der Waals surface area contributed by atoms with Crippen molar-refractivity contribution in [2.75, 3.05) is 11.9 Å². The molecule has 5 heteroatoms. The molecule has 20 heavy (non-hydrogen) atoms. The molecule has 1 aliphatic rings. The van der Waals surface area contributed by atoms with Gasteiger partial charge in [-0.1, -0.05) is 26.3 Å². The summed E-state index contributed by atoms with van der Waals surface area (Å²) in [6.45, 7) is 6.98. The summed E-state index contributed by atoms with van der Waals surface area (Å²) in [6, 6.07) is 5.40. The van der Waals surface area contributed by atoms with Gasteiger partial charge in [0.25, 0.3) is 0 Å². The number of benzene rings is 1. The predicted molar refractivity (Wildman–Crippen MR) is 82.5 cm³/mol. The zero-order valence-corrected chi connectivity index (χ0v) is 13.3. The van der Waals surface area contributed by atoms with Crippen molar-refractivity contribution in [1.29, 1.82) is 0 Å². The Kier molecular flexibility index (Phi) is 4.70. The molecule has 0 aromatic heterocycles. The van der Waals surface area contributed by atoms with Gasteiger partial charge in [-0.3, -0.25) is 0 Å². The van der Waals surface area contributed by atoms with Crippen molar-refractivity contribution in [3.05, 3.63) is 23.8 Å². The number of hydrogen-bond donors (Lipinski definition) is 2. The van der Waals surface area contributed by atoms with E-state index in [-0.39, 0.29) is 6.04 Å². The lowest BCUT2D eigenvalue weighted by Crippen LogP contribution is -2.37. The molecule has 2 unspecified atom stereocenters. The monoisotopic (exact) mass is 296 g/mol. The maximum atomic E-state index is 12.6. The van der Waals surface area contributed by atoms with Crippen molar-refractivity contribution in [2.24, 2.45) is 5.92 Å². The second kappa shape index (κ2) is 6.14. The molecule has 0 aliphatic carbocycles. The molecule has 2 rings (SSSR count). The zero-order chi connectivity index (χ0) is 14.8. The fraction of sp³-hybridized carbons (Fsp3) is 0.600. The molecule has 112 valence electrons. The molecule has 2 N–H and O–H groups in total. The van der Waals surface area contributed by atoms with Crippen LogP contribution >= 0.6 is 0 Å².